The summed E-state index contributed by atoms with van der Waals surface area (Å²) < 4.78 is 11.2. The highest BCUT2D eigenvalue weighted by atomic mass is 16.5. The van der Waals surface area contributed by atoms with Crippen LogP contribution in [0.25, 0.3) is 0 Å². The highest BCUT2D eigenvalue weighted by Gasteiger charge is 2.21. The van der Waals surface area contributed by atoms with E-state index in [1.54, 1.807) is 7.11 Å². The number of ether oxygens (including phenoxy) is 2. The van der Waals surface area contributed by atoms with Gasteiger partial charge < -0.3 is 14.4 Å². The molecule has 6 nitrogen and oxygen atoms in total. The molecule has 1 aromatic heterocycles. The summed E-state index contributed by atoms with van der Waals surface area (Å²) in [6.07, 6.45) is 6.98. The lowest BCUT2D eigenvalue weighted by molar-refractivity contribution is 0.0675. The Labute approximate surface area is 167 Å². The SMILES string of the molecule is COc1ccc(CN(Cc2ccnc(N3CCCC3)n2)CC2CCCO2)cc1. The maximum atomic E-state index is 5.90. The van der Waals surface area contributed by atoms with Crippen LogP contribution in [0.15, 0.2) is 36.5 Å². The van der Waals surface area contributed by atoms with E-state index in [4.69, 9.17) is 14.5 Å². The van der Waals surface area contributed by atoms with Gasteiger partial charge in [0.1, 0.15) is 5.75 Å². The van der Waals surface area contributed by atoms with E-state index in [1.807, 2.05) is 24.4 Å². The summed E-state index contributed by atoms with van der Waals surface area (Å²) >= 11 is 0. The quantitative estimate of drug-likeness (QED) is 0.698. The van der Waals surface area contributed by atoms with E-state index in [0.717, 1.165) is 69.6 Å². The number of anilines is 1. The first kappa shape index (κ1) is 19.2. The lowest BCUT2D eigenvalue weighted by atomic mass is 10.1. The molecule has 0 N–H and O–H groups in total. The monoisotopic (exact) mass is 382 g/mol. The van der Waals surface area contributed by atoms with Crippen molar-refractivity contribution in [1.82, 2.24) is 14.9 Å². The van der Waals surface area contributed by atoms with Crippen LogP contribution in [-0.4, -0.2) is 54.3 Å². The van der Waals surface area contributed by atoms with Crippen molar-refractivity contribution in [2.45, 2.75) is 44.9 Å². The minimum Gasteiger partial charge on any atom is -0.497 e. The maximum absolute atomic E-state index is 5.90. The first-order chi connectivity index (χ1) is 13.8. The predicted octanol–water partition coefficient (Wildman–Crippen LogP) is 3.27. The zero-order valence-electron chi connectivity index (χ0n) is 16.7. The molecule has 0 bridgehead atoms. The molecule has 1 unspecified atom stereocenters. The first-order valence-corrected chi connectivity index (χ1v) is 10.3. The Bertz CT molecular complexity index is 740. The fourth-order valence-corrected chi connectivity index (χ4v) is 4.02. The number of hydrogen-bond acceptors (Lipinski definition) is 6. The number of nitrogens with zero attached hydrogens (tertiary/aromatic N) is 4. The van der Waals surface area contributed by atoms with Crippen molar-refractivity contribution in [3.8, 4) is 5.75 Å². The molecular formula is C22H30N4O2. The Morgan fingerprint density at radius 1 is 1.11 bits per heavy atom. The standard InChI is InChI=1S/C22H30N4O2/c1-27-20-8-6-18(7-9-20)15-25(17-21-5-4-14-28-21)16-19-10-11-23-22(24-19)26-12-2-3-13-26/h6-11,21H,2-5,12-17H2,1H3. The maximum Gasteiger partial charge on any atom is 0.225 e. The Morgan fingerprint density at radius 3 is 2.64 bits per heavy atom. The molecule has 3 heterocycles. The molecule has 0 spiro atoms. The average molecular weight is 383 g/mol. The normalized spacial score (nSPS) is 19.5. The van der Waals surface area contributed by atoms with Crippen LogP contribution in [0.5, 0.6) is 5.75 Å². The molecule has 2 aromatic rings. The van der Waals surface area contributed by atoms with Crippen LogP contribution in [-0.2, 0) is 17.8 Å². The first-order valence-electron chi connectivity index (χ1n) is 10.3. The van der Waals surface area contributed by atoms with Gasteiger partial charge in [-0.25, -0.2) is 9.97 Å². The minimum atomic E-state index is 0.318. The fourth-order valence-electron chi connectivity index (χ4n) is 4.02. The summed E-state index contributed by atoms with van der Waals surface area (Å²) in [5.74, 6) is 1.76. The molecule has 28 heavy (non-hydrogen) atoms. The van der Waals surface area contributed by atoms with Crippen molar-refractivity contribution >= 4 is 5.95 Å². The van der Waals surface area contributed by atoms with E-state index in [1.165, 1.54) is 18.4 Å². The molecule has 2 saturated heterocycles. The van der Waals surface area contributed by atoms with Gasteiger partial charge in [-0.15, -0.1) is 0 Å². The van der Waals surface area contributed by atoms with Crippen molar-refractivity contribution in [1.29, 1.82) is 0 Å². The number of methoxy groups -OCH3 is 1. The second-order valence-electron chi connectivity index (χ2n) is 7.69. The van der Waals surface area contributed by atoms with Crippen LogP contribution in [0, 0.1) is 0 Å². The molecule has 0 aliphatic carbocycles. The molecule has 2 aliphatic rings. The smallest absolute Gasteiger partial charge is 0.225 e. The van der Waals surface area contributed by atoms with Gasteiger partial charge in [0.25, 0.3) is 0 Å². The molecule has 0 amide bonds. The van der Waals surface area contributed by atoms with Crippen molar-refractivity contribution in [3.63, 3.8) is 0 Å². The molecule has 150 valence electrons. The van der Waals surface area contributed by atoms with E-state index in [9.17, 15) is 0 Å². The Hall–Kier alpha value is -2.18. The Kier molecular flexibility index (Phi) is 6.39. The fraction of sp³-hybridized carbons (Fsp3) is 0.545. The van der Waals surface area contributed by atoms with E-state index in [-0.39, 0.29) is 0 Å². The summed E-state index contributed by atoms with van der Waals surface area (Å²) in [6, 6.07) is 10.4. The van der Waals surface area contributed by atoms with Gasteiger partial charge in [-0.1, -0.05) is 12.1 Å². The molecule has 2 aliphatic heterocycles. The van der Waals surface area contributed by atoms with Gasteiger partial charge in [0.2, 0.25) is 5.95 Å². The second kappa shape index (κ2) is 9.34. The largest absolute Gasteiger partial charge is 0.497 e. The number of hydrogen-bond donors (Lipinski definition) is 0. The van der Waals surface area contributed by atoms with Gasteiger partial charge in [-0.3, -0.25) is 4.90 Å². The third-order valence-electron chi connectivity index (χ3n) is 5.53. The molecule has 6 heteroatoms. The van der Waals surface area contributed by atoms with Crippen LogP contribution < -0.4 is 9.64 Å². The molecule has 4 rings (SSSR count). The lowest BCUT2D eigenvalue weighted by Crippen LogP contribution is -2.32. The molecule has 1 aromatic carbocycles. The van der Waals surface area contributed by atoms with Crippen molar-refractivity contribution in [3.05, 3.63) is 47.8 Å². The lowest BCUT2D eigenvalue weighted by Gasteiger charge is -2.25. The van der Waals surface area contributed by atoms with Crippen LogP contribution in [0.2, 0.25) is 0 Å². The average Bonchev–Trinajstić information content (AvgIpc) is 3.43. The Balaban J connectivity index is 1.46. The van der Waals surface area contributed by atoms with Gasteiger partial charge in [-0.2, -0.15) is 0 Å². The molecule has 0 radical (unpaired) electrons. The zero-order chi connectivity index (χ0) is 19.2. The van der Waals surface area contributed by atoms with Crippen molar-refractivity contribution in [2.75, 3.05) is 38.3 Å². The summed E-state index contributed by atoms with van der Waals surface area (Å²) in [4.78, 5) is 14.1. The summed E-state index contributed by atoms with van der Waals surface area (Å²) in [7, 11) is 1.70. The summed E-state index contributed by atoms with van der Waals surface area (Å²) in [5, 5.41) is 0. The van der Waals surface area contributed by atoms with Crippen LogP contribution in [0.4, 0.5) is 5.95 Å². The topological polar surface area (TPSA) is 50.7 Å². The third-order valence-corrected chi connectivity index (χ3v) is 5.53. The van der Waals surface area contributed by atoms with Gasteiger partial charge in [0.15, 0.2) is 0 Å². The van der Waals surface area contributed by atoms with E-state index in [2.05, 4.69) is 26.9 Å². The zero-order valence-corrected chi connectivity index (χ0v) is 16.7. The van der Waals surface area contributed by atoms with E-state index < -0.39 is 0 Å². The molecule has 0 saturated carbocycles. The van der Waals surface area contributed by atoms with E-state index >= 15 is 0 Å². The van der Waals surface area contributed by atoms with Crippen molar-refractivity contribution in [2.24, 2.45) is 0 Å². The molecule has 1 atom stereocenters. The van der Waals surface area contributed by atoms with Crippen LogP contribution in [0.1, 0.15) is 36.9 Å². The molecule has 2 fully saturated rings. The van der Waals surface area contributed by atoms with Crippen LogP contribution in [0.3, 0.4) is 0 Å². The summed E-state index contributed by atoms with van der Waals surface area (Å²) in [5.41, 5.74) is 2.34. The van der Waals surface area contributed by atoms with Crippen molar-refractivity contribution < 1.29 is 9.47 Å². The number of rotatable bonds is 8. The van der Waals surface area contributed by atoms with Crippen LogP contribution >= 0.6 is 0 Å². The van der Waals surface area contributed by atoms with Gasteiger partial charge in [-0.05, 0) is 49.4 Å². The van der Waals surface area contributed by atoms with E-state index in [0.29, 0.717) is 6.10 Å². The highest BCUT2D eigenvalue weighted by molar-refractivity contribution is 5.31. The van der Waals surface area contributed by atoms with Gasteiger partial charge >= 0.3 is 0 Å². The van der Waals surface area contributed by atoms with Gasteiger partial charge in [0.05, 0.1) is 18.9 Å². The summed E-state index contributed by atoms with van der Waals surface area (Å²) in [6.45, 7) is 5.61. The second-order valence-corrected chi connectivity index (χ2v) is 7.69. The number of aromatic nitrogens is 2. The minimum absolute atomic E-state index is 0.318. The Morgan fingerprint density at radius 2 is 1.93 bits per heavy atom. The number of benzene rings is 1. The molecular weight excluding hydrogens is 352 g/mol. The highest BCUT2D eigenvalue weighted by Crippen LogP contribution is 2.20. The predicted molar refractivity (Wildman–Crippen MR) is 110 cm³/mol. The van der Waals surface area contributed by atoms with Gasteiger partial charge in [0, 0.05) is 45.5 Å². The third kappa shape index (κ3) is 5.00.